The van der Waals surface area contributed by atoms with Gasteiger partial charge in [0.05, 0.1) is 12.2 Å². The molecule has 5 heteroatoms. The third kappa shape index (κ3) is 4.59. The van der Waals surface area contributed by atoms with Crippen molar-refractivity contribution in [1.82, 2.24) is 0 Å². The number of anilines is 1. The van der Waals surface area contributed by atoms with Crippen molar-refractivity contribution in [2.75, 3.05) is 18.5 Å². The Morgan fingerprint density at radius 3 is 2.21 bits per heavy atom. The predicted octanol–water partition coefficient (Wildman–Crippen LogP) is 3.50. The molecule has 0 unspecified atom stereocenters. The first-order valence-electron chi connectivity index (χ1n) is 7.77. The van der Waals surface area contributed by atoms with E-state index < -0.39 is 0 Å². The molecule has 0 fully saturated rings. The Hall–Kier alpha value is -2.82. The molecular weight excluding hydrogens is 306 g/mol. The number of esters is 1. The van der Waals surface area contributed by atoms with E-state index in [0.717, 1.165) is 16.8 Å². The van der Waals surface area contributed by atoms with Gasteiger partial charge in [0, 0.05) is 5.69 Å². The molecule has 0 spiro atoms. The monoisotopic (exact) mass is 327 g/mol. The van der Waals surface area contributed by atoms with Crippen molar-refractivity contribution in [3.63, 3.8) is 0 Å². The molecule has 1 amide bonds. The summed E-state index contributed by atoms with van der Waals surface area (Å²) in [4.78, 5) is 23.6. The number of para-hydroxylation sites is 1. The van der Waals surface area contributed by atoms with Crippen LogP contribution in [0.5, 0.6) is 5.75 Å². The van der Waals surface area contributed by atoms with Gasteiger partial charge in [-0.3, -0.25) is 4.79 Å². The first-order chi connectivity index (χ1) is 11.5. The first-order valence-corrected chi connectivity index (χ1v) is 7.77. The maximum Gasteiger partial charge on any atom is 0.338 e. The molecule has 2 aromatic rings. The summed E-state index contributed by atoms with van der Waals surface area (Å²) in [5.74, 6) is -0.0987. The summed E-state index contributed by atoms with van der Waals surface area (Å²) in [5.41, 5.74) is 3.26. The summed E-state index contributed by atoms with van der Waals surface area (Å²) in [6.45, 7) is 5.86. The van der Waals surface area contributed by atoms with Crippen molar-refractivity contribution >= 4 is 17.6 Å². The summed E-state index contributed by atoms with van der Waals surface area (Å²) in [6, 6.07) is 12.3. The number of carbonyl (C=O) groups is 2. The number of benzene rings is 2. The van der Waals surface area contributed by atoms with Crippen LogP contribution in [-0.4, -0.2) is 25.1 Å². The Morgan fingerprint density at radius 2 is 1.62 bits per heavy atom. The minimum absolute atomic E-state index is 0.105. The van der Waals surface area contributed by atoms with Crippen molar-refractivity contribution in [3.8, 4) is 5.75 Å². The fourth-order valence-corrected chi connectivity index (χ4v) is 2.24. The van der Waals surface area contributed by atoms with E-state index >= 15 is 0 Å². The van der Waals surface area contributed by atoms with Gasteiger partial charge in [-0.1, -0.05) is 18.2 Å². The molecule has 0 saturated carbocycles. The smallest absolute Gasteiger partial charge is 0.338 e. The Labute approximate surface area is 141 Å². The zero-order chi connectivity index (χ0) is 17.5. The van der Waals surface area contributed by atoms with Crippen LogP contribution in [0.25, 0.3) is 0 Å². The molecule has 2 aromatic carbocycles. The maximum absolute atomic E-state index is 12.0. The Kier molecular flexibility index (Phi) is 5.95. The quantitative estimate of drug-likeness (QED) is 0.825. The number of amides is 1. The topological polar surface area (TPSA) is 64.6 Å². The molecule has 2 rings (SSSR count). The molecular formula is C19H21NO4. The van der Waals surface area contributed by atoms with Gasteiger partial charge < -0.3 is 14.8 Å². The van der Waals surface area contributed by atoms with Crippen LogP contribution in [0, 0.1) is 13.8 Å². The molecule has 0 heterocycles. The highest BCUT2D eigenvalue weighted by Gasteiger charge is 2.09. The second kappa shape index (κ2) is 8.15. The van der Waals surface area contributed by atoms with Crippen LogP contribution in [0.1, 0.15) is 28.4 Å². The van der Waals surface area contributed by atoms with Crippen LogP contribution in [-0.2, 0) is 9.53 Å². The lowest BCUT2D eigenvalue weighted by Crippen LogP contribution is -2.21. The third-order valence-electron chi connectivity index (χ3n) is 3.48. The van der Waals surface area contributed by atoms with Crippen molar-refractivity contribution in [2.24, 2.45) is 0 Å². The highest BCUT2D eigenvalue weighted by molar-refractivity contribution is 5.93. The van der Waals surface area contributed by atoms with Crippen LogP contribution in [0.15, 0.2) is 42.5 Å². The lowest BCUT2D eigenvalue weighted by Gasteiger charge is -2.12. The van der Waals surface area contributed by atoms with Crippen LogP contribution < -0.4 is 10.1 Å². The number of carbonyl (C=O) groups excluding carboxylic acids is 2. The summed E-state index contributed by atoms with van der Waals surface area (Å²) < 4.78 is 10.4. The fraction of sp³-hybridized carbons (Fsp3) is 0.263. The molecule has 5 nitrogen and oxygen atoms in total. The molecule has 1 N–H and O–H groups in total. The van der Waals surface area contributed by atoms with Gasteiger partial charge in [0.15, 0.2) is 6.61 Å². The fourth-order valence-electron chi connectivity index (χ4n) is 2.24. The summed E-state index contributed by atoms with van der Waals surface area (Å²) in [7, 11) is 0. The van der Waals surface area contributed by atoms with Gasteiger partial charge in [0.25, 0.3) is 5.91 Å². The minimum atomic E-state index is -0.378. The van der Waals surface area contributed by atoms with Crippen molar-refractivity contribution in [1.29, 1.82) is 0 Å². The van der Waals surface area contributed by atoms with E-state index in [-0.39, 0.29) is 18.5 Å². The van der Waals surface area contributed by atoms with Crippen LogP contribution in [0.3, 0.4) is 0 Å². The van der Waals surface area contributed by atoms with E-state index in [1.165, 1.54) is 0 Å². The van der Waals surface area contributed by atoms with Gasteiger partial charge in [-0.25, -0.2) is 4.79 Å². The second-order valence-electron chi connectivity index (χ2n) is 5.35. The number of nitrogens with one attached hydrogen (secondary N) is 1. The molecule has 0 saturated heterocycles. The number of hydrogen-bond donors (Lipinski definition) is 1. The van der Waals surface area contributed by atoms with E-state index in [0.29, 0.717) is 17.9 Å². The van der Waals surface area contributed by atoms with Crippen molar-refractivity contribution in [3.05, 3.63) is 59.2 Å². The predicted molar refractivity (Wildman–Crippen MR) is 92.4 cm³/mol. The normalized spacial score (nSPS) is 10.1. The van der Waals surface area contributed by atoms with Gasteiger partial charge in [0.1, 0.15) is 5.75 Å². The highest BCUT2D eigenvalue weighted by atomic mass is 16.5. The number of hydrogen-bond acceptors (Lipinski definition) is 4. The lowest BCUT2D eigenvalue weighted by atomic mass is 10.1. The molecule has 24 heavy (non-hydrogen) atoms. The van der Waals surface area contributed by atoms with Gasteiger partial charge in [-0.15, -0.1) is 0 Å². The standard InChI is InChI=1S/C19H21NO4/c1-4-23-19(22)15-8-10-16(11-9-15)24-12-17(21)20-18-13(2)6-5-7-14(18)3/h5-11H,4,12H2,1-3H3,(H,20,21). The maximum atomic E-state index is 12.0. The van der Waals surface area contributed by atoms with E-state index in [9.17, 15) is 9.59 Å². The molecule has 0 radical (unpaired) electrons. The number of ether oxygens (including phenoxy) is 2. The van der Waals surface area contributed by atoms with Crippen molar-refractivity contribution < 1.29 is 19.1 Å². The van der Waals surface area contributed by atoms with E-state index in [1.54, 1.807) is 31.2 Å². The van der Waals surface area contributed by atoms with Crippen LogP contribution in [0.4, 0.5) is 5.69 Å². The zero-order valence-corrected chi connectivity index (χ0v) is 14.1. The molecule has 126 valence electrons. The third-order valence-corrected chi connectivity index (χ3v) is 3.48. The van der Waals surface area contributed by atoms with Gasteiger partial charge >= 0.3 is 5.97 Å². The van der Waals surface area contributed by atoms with E-state index in [2.05, 4.69) is 5.32 Å². The summed E-state index contributed by atoms with van der Waals surface area (Å²) in [6.07, 6.45) is 0. The van der Waals surface area contributed by atoms with Crippen LogP contribution >= 0.6 is 0 Å². The van der Waals surface area contributed by atoms with Crippen molar-refractivity contribution in [2.45, 2.75) is 20.8 Å². The van der Waals surface area contributed by atoms with E-state index in [1.807, 2.05) is 32.0 Å². The largest absolute Gasteiger partial charge is 0.484 e. The zero-order valence-electron chi connectivity index (χ0n) is 14.1. The average Bonchev–Trinajstić information content (AvgIpc) is 2.57. The average molecular weight is 327 g/mol. The number of aryl methyl sites for hydroxylation is 2. The molecule has 0 aliphatic heterocycles. The second-order valence-corrected chi connectivity index (χ2v) is 5.35. The Morgan fingerprint density at radius 1 is 1.00 bits per heavy atom. The lowest BCUT2D eigenvalue weighted by molar-refractivity contribution is -0.118. The first kappa shape index (κ1) is 17.5. The molecule has 0 aromatic heterocycles. The Balaban J connectivity index is 1.91. The number of rotatable bonds is 6. The Bertz CT molecular complexity index is 702. The molecule has 0 atom stereocenters. The van der Waals surface area contributed by atoms with Gasteiger partial charge in [0.2, 0.25) is 0 Å². The summed E-state index contributed by atoms with van der Waals surface area (Å²) >= 11 is 0. The molecule has 0 aliphatic carbocycles. The highest BCUT2D eigenvalue weighted by Crippen LogP contribution is 2.19. The minimum Gasteiger partial charge on any atom is -0.484 e. The molecule has 0 bridgehead atoms. The van der Waals surface area contributed by atoms with Gasteiger partial charge in [-0.05, 0) is 56.2 Å². The SMILES string of the molecule is CCOC(=O)c1ccc(OCC(=O)Nc2c(C)cccc2C)cc1. The van der Waals surface area contributed by atoms with Crippen LogP contribution in [0.2, 0.25) is 0 Å². The van der Waals surface area contributed by atoms with Gasteiger partial charge in [-0.2, -0.15) is 0 Å². The summed E-state index contributed by atoms with van der Waals surface area (Å²) in [5, 5.41) is 2.86. The molecule has 0 aliphatic rings. The van der Waals surface area contributed by atoms with E-state index in [4.69, 9.17) is 9.47 Å².